The Labute approximate surface area is 208 Å². The van der Waals surface area contributed by atoms with Crippen LogP contribution in [0, 0.1) is 6.92 Å². The summed E-state index contributed by atoms with van der Waals surface area (Å²) < 4.78 is 35.3. The fourth-order valence-electron chi connectivity index (χ4n) is 3.37. The minimum atomic E-state index is -3.88. The van der Waals surface area contributed by atoms with Gasteiger partial charge in [0, 0.05) is 15.8 Å². The molecule has 1 aromatic heterocycles. The van der Waals surface area contributed by atoms with Gasteiger partial charge in [0.15, 0.2) is 5.76 Å². The van der Waals surface area contributed by atoms with Gasteiger partial charge in [-0.15, -0.1) is 5.73 Å². The monoisotopic (exact) mass is 514 g/mol. The standard InChI is InChI=1S/C26H31ClN2O3SSi/c1-6-7-8-9-10-23(34(3,4)5)26-25(24(28-32-26)20-13-15-21(27)16-14-20)29-33(30,31)22-17-11-19(2)12-18-22/h9,11-18,29H,6-8H2,1-5H3. The summed E-state index contributed by atoms with van der Waals surface area (Å²) in [6, 6.07) is 13.8. The molecule has 0 aliphatic rings. The molecule has 0 fully saturated rings. The fraction of sp³-hybridized carbons (Fsp3) is 0.308. The van der Waals surface area contributed by atoms with Gasteiger partial charge in [-0.25, -0.2) is 8.42 Å². The summed E-state index contributed by atoms with van der Waals surface area (Å²) in [6.45, 7) is 10.6. The number of halogens is 1. The second kappa shape index (κ2) is 10.8. The highest BCUT2D eigenvalue weighted by Gasteiger charge is 2.31. The number of rotatable bonds is 9. The van der Waals surface area contributed by atoms with Crippen molar-refractivity contribution in [1.82, 2.24) is 5.16 Å². The van der Waals surface area contributed by atoms with E-state index in [1.54, 1.807) is 48.5 Å². The van der Waals surface area contributed by atoms with Crippen molar-refractivity contribution in [3.8, 4) is 11.3 Å². The Hall–Kier alpha value is -2.57. The van der Waals surface area contributed by atoms with E-state index < -0.39 is 18.1 Å². The molecule has 5 nitrogen and oxygen atoms in total. The number of unbranched alkanes of at least 4 members (excludes halogenated alkanes) is 2. The molecule has 2 aromatic carbocycles. The van der Waals surface area contributed by atoms with Gasteiger partial charge in [-0.1, -0.05) is 79.6 Å². The molecule has 3 rings (SSSR count). The molecule has 1 heterocycles. The van der Waals surface area contributed by atoms with E-state index in [9.17, 15) is 8.42 Å². The zero-order valence-corrected chi connectivity index (χ0v) is 22.8. The number of sulfonamides is 1. The predicted octanol–water partition coefficient (Wildman–Crippen LogP) is 7.71. The van der Waals surface area contributed by atoms with Gasteiger partial charge in [-0.2, -0.15) is 0 Å². The van der Waals surface area contributed by atoms with Crippen molar-refractivity contribution >= 4 is 40.6 Å². The third-order valence-corrected chi connectivity index (χ3v) is 8.79. The average Bonchev–Trinajstić information content (AvgIpc) is 3.16. The van der Waals surface area contributed by atoms with Crippen LogP contribution in [-0.4, -0.2) is 21.6 Å². The first-order valence-electron chi connectivity index (χ1n) is 11.3. The number of hydrogen-bond acceptors (Lipinski definition) is 4. The molecule has 0 radical (unpaired) electrons. The maximum atomic E-state index is 13.3. The van der Waals surface area contributed by atoms with Crippen molar-refractivity contribution in [1.29, 1.82) is 0 Å². The van der Waals surface area contributed by atoms with Gasteiger partial charge in [0.2, 0.25) is 0 Å². The molecule has 0 saturated carbocycles. The van der Waals surface area contributed by atoms with Gasteiger partial charge in [0.05, 0.1) is 13.0 Å². The van der Waals surface area contributed by atoms with Crippen LogP contribution in [0.4, 0.5) is 5.69 Å². The van der Waals surface area contributed by atoms with E-state index in [1.165, 1.54) is 0 Å². The molecular formula is C26H31ClN2O3SSi. The summed E-state index contributed by atoms with van der Waals surface area (Å²) >= 11 is 6.07. The molecular weight excluding hydrogens is 484 g/mol. The van der Waals surface area contributed by atoms with Crippen LogP contribution in [0.25, 0.3) is 16.5 Å². The highest BCUT2D eigenvalue weighted by molar-refractivity contribution is 7.92. The number of aromatic nitrogens is 1. The SMILES string of the molecule is CCCCC=C=C(c1onc(-c2ccc(Cl)cc2)c1NS(=O)(=O)c1ccc(C)cc1)[Si](C)(C)C. The molecule has 0 aliphatic heterocycles. The van der Waals surface area contributed by atoms with Crippen LogP contribution in [0.5, 0.6) is 0 Å². The van der Waals surface area contributed by atoms with Crippen molar-refractivity contribution in [2.45, 2.75) is 57.6 Å². The lowest BCUT2D eigenvalue weighted by Crippen LogP contribution is -2.23. The Balaban J connectivity index is 2.20. The Morgan fingerprint density at radius 3 is 2.35 bits per heavy atom. The summed E-state index contributed by atoms with van der Waals surface area (Å²) in [5.41, 5.74) is 5.83. The van der Waals surface area contributed by atoms with E-state index in [0.717, 1.165) is 30.0 Å². The van der Waals surface area contributed by atoms with Crippen LogP contribution in [0.3, 0.4) is 0 Å². The first-order valence-corrected chi connectivity index (χ1v) is 16.7. The van der Waals surface area contributed by atoms with E-state index in [-0.39, 0.29) is 4.90 Å². The van der Waals surface area contributed by atoms with Crippen LogP contribution < -0.4 is 4.72 Å². The zero-order chi connectivity index (χ0) is 24.9. The van der Waals surface area contributed by atoms with Crippen LogP contribution in [0.15, 0.2) is 69.8 Å². The summed E-state index contributed by atoms with van der Waals surface area (Å²) in [5.74, 6) is 0.410. The number of hydrogen-bond donors (Lipinski definition) is 1. The van der Waals surface area contributed by atoms with Crippen molar-refractivity contribution in [2.75, 3.05) is 4.72 Å². The van der Waals surface area contributed by atoms with Crippen molar-refractivity contribution < 1.29 is 12.9 Å². The summed E-state index contributed by atoms with van der Waals surface area (Å²) in [5, 5.41) is 5.74. The molecule has 0 spiro atoms. The summed E-state index contributed by atoms with van der Waals surface area (Å²) in [6.07, 6.45) is 5.06. The molecule has 0 saturated heterocycles. The Morgan fingerprint density at radius 2 is 1.76 bits per heavy atom. The second-order valence-corrected chi connectivity index (χ2v) is 16.4. The summed E-state index contributed by atoms with van der Waals surface area (Å²) in [4.78, 5) is 0.171. The van der Waals surface area contributed by atoms with Crippen molar-refractivity contribution in [3.05, 3.63) is 76.7 Å². The highest BCUT2D eigenvalue weighted by atomic mass is 35.5. The molecule has 1 N–H and O–H groups in total. The topological polar surface area (TPSA) is 72.2 Å². The number of aryl methyl sites for hydroxylation is 1. The van der Waals surface area contributed by atoms with Gasteiger partial charge in [-0.3, -0.25) is 4.72 Å². The van der Waals surface area contributed by atoms with Crippen LogP contribution in [-0.2, 0) is 10.0 Å². The lowest BCUT2D eigenvalue weighted by molar-refractivity contribution is 0.414. The largest absolute Gasteiger partial charge is 0.353 e. The fourth-order valence-corrected chi connectivity index (χ4v) is 5.96. The third kappa shape index (κ3) is 6.30. The predicted molar refractivity (Wildman–Crippen MR) is 143 cm³/mol. The smallest absolute Gasteiger partial charge is 0.262 e. The molecule has 3 aromatic rings. The first kappa shape index (κ1) is 26.0. The minimum absolute atomic E-state index is 0.171. The Morgan fingerprint density at radius 1 is 1.12 bits per heavy atom. The van der Waals surface area contributed by atoms with Crippen LogP contribution in [0.2, 0.25) is 24.7 Å². The quantitative estimate of drug-likeness (QED) is 0.180. The molecule has 0 atom stereocenters. The molecule has 0 unspecified atom stereocenters. The lowest BCUT2D eigenvalue weighted by atomic mass is 10.1. The van der Waals surface area contributed by atoms with Crippen molar-refractivity contribution in [3.63, 3.8) is 0 Å². The number of nitrogens with one attached hydrogen (secondary N) is 1. The van der Waals surface area contributed by atoms with Crippen molar-refractivity contribution in [2.24, 2.45) is 0 Å². The van der Waals surface area contributed by atoms with E-state index in [2.05, 4.69) is 42.2 Å². The average molecular weight is 515 g/mol. The van der Waals surface area contributed by atoms with Gasteiger partial charge >= 0.3 is 0 Å². The summed E-state index contributed by atoms with van der Waals surface area (Å²) in [7, 11) is -5.87. The van der Waals surface area contributed by atoms with E-state index in [4.69, 9.17) is 16.1 Å². The number of anilines is 1. The minimum Gasteiger partial charge on any atom is -0.353 e. The van der Waals surface area contributed by atoms with Gasteiger partial charge in [0.1, 0.15) is 11.4 Å². The highest BCUT2D eigenvalue weighted by Crippen LogP contribution is 2.39. The molecule has 180 valence electrons. The maximum absolute atomic E-state index is 13.3. The Bertz CT molecular complexity index is 1300. The molecule has 0 amide bonds. The molecule has 8 heteroatoms. The van der Waals surface area contributed by atoms with Gasteiger partial charge in [-0.05, 0) is 50.1 Å². The Kier molecular flexibility index (Phi) is 8.26. The first-order chi connectivity index (χ1) is 16.0. The molecule has 0 aliphatic carbocycles. The molecule has 0 bridgehead atoms. The second-order valence-electron chi connectivity index (χ2n) is 9.28. The van der Waals surface area contributed by atoms with Crippen LogP contribution in [0.1, 0.15) is 37.5 Å². The number of allylic oxidation sites excluding steroid dienone is 1. The van der Waals surface area contributed by atoms with Gasteiger partial charge < -0.3 is 4.52 Å². The van der Waals surface area contributed by atoms with Gasteiger partial charge in [0.25, 0.3) is 10.0 Å². The van der Waals surface area contributed by atoms with E-state index in [1.807, 2.05) is 13.0 Å². The number of nitrogens with zero attached hydrogens (tertiary/aromatic N) is 1. The zero-order valence-electron chi connectivity index (χ0n) is 20.3. The van der Waals surface area contributed by atoms with Crippen LogP contribution >= 0.6 is 11.6 Å². The molecule has 34 heavy (non-hydrogen) atoms. The van der Waals surface area contributed by atoms with E-state index >= 15 is 0 Å². The van der Waals surface area contributed by atoms with E-state index in [0.29, 0.717) is 27.7 Å². The third-order valence-electron chi connectivity index (χ3n) is 5.30. The normalized spacial score (nSPS) is 11.7. The lowest BCUT2D eigenvalue weighted by Gasteiger charge is -2.18. The maximum Gasteiger partial charge on any atom is 0.262 e. The number of benzene rings is 2.